The van der Waals surface area contributed by atoms with Crippen LogP contribution in [0.3, 0.4) is 0 Å². The molecule has 0 aliphatic carbocycles. The molecule has 0 aromatic heterocycles. The Morgan fingerprint density at radius 1 is 1.50 bits per heavy atom. The van der Waals surface area contributed by atoms with Gasteiger partial charge in [0.1, 0.15) is 6.10 Å². The Hall–Kier alpha value is -0.630. The zero-order chi connectivity index (χ0) is 9.35. The van der Waals surface area contributed by atoms with Crippen molar-refractivity contribution in [2.75, 3.05) is 0 Å². The summed E-state index contributed by atoms with van der Waals surface area (Å²) < 4.78 is 5.20. The summed E-state index contributed by atoms with van der Waals surface area (Å²) in [6, 6.07) is 0. The Morgan fingerprint density at radius 2 is 2.00 bits per heavy atom. The third kappa shape index (κ3) is 2.18. The molecule has 1 heterocycles. The van der Waals surface area contributed by atoms with E-state index in [4.69, 9.17) is 4.74 Å². The van der Waals surface area contributed by atoms with Gasteiger partial charge in [0, 0.05) is 0 Å². The van der Waals surface area contributed by atoms with E-state index in [1.807, 2.05) is 33.8 Å². The maximum Gasteiger partial charge on any atom is 0.187 e. The number of hydrogen-bond donors (Lipinski definition) is 0. The molecular weight excluding hydrogens is 152 g/mol. The maximum atomic E-state index is 11.3. The first-order valence-corrected chi connectivity index (χ1v) is 4.33. The van der Waals surface area contributed by atoms with Crippen LogP contribution in [0.1, 0.15) is 27.7 Å². The molecular formula is C10H16O2. The van der Waals surface area contributed by atoms with Gasteiger partial charge in [0.2, 0.25) is 0 Å². The summed E-state index contributed by atoms with van der Waals surface area (Å²) in [5, 5.41) is 0. The summed E-state index contributed by atoms with van der Waals surface area (Å²) in [6.07, 6.45) is 3.33. The van der Waals surface area contributed by atoms with Crippen LogP contribution in [0.15, 0.2) is 12.2 Å². The van der Waals surface area contributed by atoms with Crippen molar-refractivity contribution in [1.82, 2.24) is 0 Å². The molecule has 0 spiro atoms. The molecule has 1 rings (SSSR count). The van der Waals surface area contributed by atoms with Gasteiger partial charge in [-0.1, -0.05) is 19.9 Å². The lowest BCUT2D eigenvalue weighted by Crippen LogP contribution is -2.12. The van der Waals surface area contributed by atoms with Crippen LogP contribution in [0.5, 0.6) is 0 Å². The first-order chi connectivity index (χ1) is 5.43. The Bertz CT molecular complexity index is 214. The van der Waals surface area contributed by atoms with Gasteiger partial charge in [-0.05, 0) is 25.8 Å². The summed E-state index contributed by atoms with van der Waals surface area (Å²) in [7, 11) is 0. The quantitative estimate of drug-likeness (QED) is 0.476. The number of rotatable bonds is 3. The van der Waals surface area contributed by atoms with E-state index in [2.05, 4.69) is 0 Å². The molecule has 1 unspecified atom stereocenters. The number of carbonyl (C=O) groups excluding carboxylic acids is 1. The SMILES string of the molecule is CC(C)/C=C/C(=O)C1OC1(C)C. The molecule has 0 aromatic rings. The van der Waals surface area contributed by atoms with Crippen LogP contribution in [0.25, 0.3) is 0 Å². The average molecular weight is 168 g/mol. The van der Waals surface area contributed by atoms with E-state index in [-0.39, 0.29) is 17.5 Å². The number of epoxide rings is 1. The lowest BCUT2D eigenvalue weighted by Gasteiger charge is -1.93. The second-order valence-corrected chi connectivity index (χ2v) is 4.11. The van der Waals surface area contributed by atoms with E-state index in [0.29, 0.717) is 5.92 Å². The van der Waals surface area contributed by atoms with Crippen LogP contribution in [0, 0.1) is 5.92 Å². The summed E-state index contributed by atoms with van der Waals surface area (Å²) in [5.41, 5.74) is -0.224. The number of allylic oxidation sites excluding steroid dienone is 1. The van der Waals surface area contributed by atoms with E-state index >= 15 is 0 Å². The van der Waals surface area contributed by atoms with Gasteiger partial charge in [0.15, 0.2) is 5.78 Å². The standard InChI is InChI=1S/C10H16O2/c1-7(2)5-6-8(11)9-10(3,4)12-9/h5-7,9H,1-4H3/b6-5+. The lowest BCUT2D eigenvalue weighted by atomic mass is 10.1. The van der Waals surface area contributed by atoms with Crippen molar-refractivity contribution < 1.29 is 9.53 Å². The highest BCUT2D eigenvalue weighted by atomic mass is 16.6. The zero-order valence-electron chi connectivity index (χ0n) is 8.13. The first-order valence-electron chi connectivity index (χ1n) is 4.33. The number of ether oxygens (including phenoxy) is 1. The maximum absolute atomic E-state index is 11.3. The number of ketones is 1. The molecule has 0 aromatic carbocycles. The smallest absolute Gasteiger partial charge is 0.187 e. The molecule has 0 bridgehead atoms. The molecule has 1 aliphatic heterocycles. The van der Waals surface area contributed by atoms with Gasteiger partial charge in [-0.25, -0.2) is 0 Å². The van der Waals surface area contributed by atoms with Crippen molar-refractivity contribution in [2.24, 2.45) is 5.92 Å². The summed E-state index contributed by atoms with van der Waals surface area (Å²) in [4.78, 5) is 11.3. The molecule has 0 amide bonds. The molecule has 1 fully saturated rings. The predicted molar refractivity (Wildman–Crippen MR) is 47.9 cm³/mol. The number of carbonyl (C=O) groups is 1. The fourth-order valence-corrected chi connectivity index (χ4v) is 1.05. The highest BCUT2D eigenvalue weighted by molar-refractivity contribution is 5.96. The van der Waals surface area contributed by atoms with Gasteiger partial charge in [0.05, 0.1) is 5.60 Å². The summed E-state index contributed by atoms with van der Waals surface area (Å²) in [5.74, 6) is 0.518. The van der Waals surface area contributed by atoms with E-state index in [0.717, 1.165) is 0 Å². The molecule has 0 N–H and O–H groups in total. The molecule has 2 nitrogen and oxygen atoms in total. The normalized spacial score (nSPS) is 26.6. The minimum atomic E-state index is -0.224. The largest absolute Gasteiger partial charge is 0.358 e. The zero-order valence-corrected chi connectivity index (χ0v) is 8.13. The van der Waals surface area contributed by atoms with Gasteiger partial charge in [-0.2, -0.15) is 0 Å². The van der Waals surface area contributed by atoms with Gasteiger partial charge in [-0.3, -0.25) is 4.79 Å². The Balaban J connectivity index is 2.42. The topological polar surface area (TPSA) is 29.6 Å². The van der Waals surface area contributed by atoms with E-state index in [1.165, 1.54) is 0 Å². The summed E-state index contributed by atoms with van der Waals surface area (Å²) >= 11 is 0. The third-order valence-electron chi connectivity index (χ3n) is 1.90. The van der Waals surface area contributed by atoms with Crippen LogP contribution in [0.2, 0.25) is 0 Å². The van der Waals surface area contributed by atoms with Gasteiger partial charge in [-0.15, -0.1) is 0 Å². The summed E-state index contributed by atoms with van der Waals surface area (Å²) in [6.45, 7) is 7.95. The molecule has 68 valence electrons. The van der Waals surface area contributed by atoms with E-state index in [9.17, 15) is 4.79 Å². The van der Waals surface area contributed by atoms with Gasteiger partial charge >= 0.3 is 0 Å². The molecule has 1 saturated heterocycles. The second-order valence-electron chi connectivity index (χ2n) is 4.11. The fourth-order valence-electron chi connectivity index (χ4n) is 1.05. The van der Waals surface area contributed by atoms with Crippen molar-refractivity contribution in [3.8, 4) is 0 Å². The van der Waals surface area contributed by atoms with Crippen LogP contribution < -0.4 is 0 Å². The second kappa shape index (κ2) is 3.02. The minimum absolute atomic E-state index is 0.0914. The first kappa shape index (κ1) is 9.46. The Morgan fingerprint density at radius 3 is 2.33 bits per heavy atom. The molecule has 12 heavy (non-hydrogen) atoms. The Kier molecular flexibility index (Phi) is 2.38. The van der Waals surface area contributed by atoms with Crippen molar-refractivity contribution in [2.45, 2.75) is 39.4 Å². The van der Waals surface area contributed by atoms with Crippen LogP contribution >= 0.6 is 0 Å². The average Bonchev–Trinajstić information content (AvgIpc) is 2.55. The molecule has 1 aliphatic rings. The van der Waals surface area contributed by atoms with Crippen LogP contribution in [-0.4, -0.2) is 17.5 Å². The van der Waals surface area contributed by atoms with Crippen LogP contribution in [-0.2, 0) is 9.53 Å². The van der Waals surface area contributed by atoms with Crippen molar-refractivity contribution in [3.63, 3.8) is 0 Å². The highest BCUT2D eigenvalue weighted by Gasteiger charge is 2.51. The molecule has 2 heteroatoms. The molecule has 0 radical (unpaired) electrons. The van der Waals surface area contributed by atoms with Crippen molar-refractivity contribution >= 4 is 5.78 Å². The van der Waals surface area contributed by atoms with Gasteiger partial charge in [0.25, 0.3) is 0 Å². The highest BCUT2D eigenvalue weighted by Crippen LogP contribution is 2.35. The third-order valence-corrected chi connectivity index (χ3v) is 1.90. The fraction of sp³-hybridized carbons (Fsp3) is 0.700. The molecule has 0 saturated carbocycles. The van der Waals surface area contributed by atoms with E-state index < -0.39 is 0 Å². The lowest BCUT2D eigenvalue weighted by molar-refractivity contribution is -0.115. The Labute approximate surface area is 73.6 Å². The molecule has 1 atom stereocenters. The van der Waals surface area contributed by atoms with Crippen LogP contribution in [0.4, 0.5) is 0 Å². The minimum Gasteiger partial charge on any atom is -0.358 e. The predicted octanol–water partition coefficient (Wildman–Crippen LogP) is 1.95. The van der Waals surface area contributed by atoms with Crippen molar-refractivity contribution in [1.29, 1.82) is 0 Å². The van der Waals surface area contributed by atoms with Crippen molar-refractivity contribution in [3.05, 3.63) is 12.2 Å². The van der Waals surface area contributed by atoms with E-state index in [1.54, 1.807) is 6.08 Å². The van der Waals surface area contributed by atoms with Gasteiger partial charge < -0.3 is 4.74 Å². The monoisotopic (exact) mass is 168 g/mol. The number of hydrogen-bond acceptors (Lipinski definition) is 2.